The SMILES string of the molecule is CC(C)C[C@H](NC(=O)[C@H](Cc1ccccc1)NC(=O)CCN1C(=O)CSc2ncccc21)C(=O)N[C@@H](CC1CCCCC1)[C@@H](O)CC(=O)NCCCn1ccnc1. The van der Waals surface area contributed by atoms with Crippen LogP contribution in [0.1, 0.15) is 83.6 Å². The van der Waals surface area contributed by atoms with Crippen molar-refractivity contribution in [1.29, 1.82) is 0 Å². The van der Waals surface area contributed by atoms with Crippen molar-refractivity contribution in [3.63, 3.8) is 0 Å². The van der Waals surface area contributed by atoms with Crippen LogP contribution in [0.25, 0.3) is 0 Å². The van der Waals surface area contributed by atoms with Gasteiger partial charge < -0.3 is 35.8 Å². The smallest absolute Gasteiger partial charge is 0.243 e. The Balaban J connectivity index is 1.24. The predicted molar refractivity (Wildman–Crippen MR) is 219 cm³/mol. The Hall–Kier alpha value is -4.76. The Kier molecular flexibility index (Phi) is 16.9. The molecule has 308 valence electrons. The first-order chi connectivity index (χ1) is 27.5. The lowest BCUT2D eigenvalue weighted by Gasteiger charge is -2.32. The molecule has 57 heavy (non-hydrogen) atoms. The molecule has 0 radical (unpaired) electrons. The number of pyridine rings is 1. The molecule has 15 heteroatoms. The van der Waals surface area contributed by atoms with E-state index < -0.39 is 42.0 Å². The second-order valence-electron chi connectivity index (χ2n) is 15.5. The van der Waals surface area contributed by atoms with Gasteiger partial charge in [0.15, 0.2) is 0 Å². The summed E-state index contributed by atoms with van der Waals surface area (Å²) < 4.78 is 1.93. The number of thioether (sulfide) groups is 1. The number of nitrogens with zero attached hydrogens (tertiary/aromatic N) is 4. The molecule has 0 saturated heterocycles. The van der Waals surface area contributed by atoms with E-state index in [1.54, 1.807) is 35.8 Å². The van der Waals surface area contributed by atoms with Gasteiger partial charge in [-0.3, -0.25) is 24.0 Å². The lowest BCUT2D eigenvalue weighted by molar-refractivity contribution is -0.133. The van der Waals surface area contributed by atoms with Crippen molar-refractivity contribution < 1.29 is 29.1 Å². The fourth-order valence-corrected chi connectivity index (χ4v) is 8.37. The van der Waals surface area contributed by atoms with E-state index in [0.717, 1.165) is 42.7 Å². The fourth-order valence-electron chi connectivity index (χ4n) is 7.49. The van der Waals surface area contributed by atoms with Crippen LogP contribution in [-0.2, 0) is 36.9 Å². The van der Waals surface area contributed by atoms with Crippen molar-refractivity contribution in [3.8, 4) is 0 Å². The normalized spacial score (nSPS) is 16.6. The number of amides is 5. The standard InChI is InChI=1S/C42H58N8O6S/c1-29(2)23-33(40(55)47-32(24-30-11-5-3-6-12-30)36(51)26-38(53)44-18-10-20-49-22-19-43-28-49)48-41(56)34(25-31-13-7-4-8-14-31)46-37(52)16-21-50-35-15-9-17-45-42(35)57-27-39(50)54/h4,7-9,13-15,17,19,22,28-30,32-34,36,51H,3,5-6,10-12,16,18,20-21,23-27H2,1-2H3,(H,44,53)(H,46,52)(H,47,55)(H,48,56)/t32-,33-,34-,36-/m0/s1. The molecule has 0 bridgehead atoms. The Labute approximate surface area is 339 Å². The van der Waals surface area contributed by atoms with Crippen LogP contribution in [0.2, 0.25) is 0 Å². The van der Waals surface area contributed by atoms with E-state index in [1.165, 1.54) is 11.8 Å². The summed E-state index contributed by atoms with van der Waals surface area (Å²) in [5.41, 5.74) is 1.48. The van der Waals surface area contributed by atoms with Gasteiger partial charge in [-0.2, -0.15) is 0 Å². The minimum Gasteiger partial charge on any atom is -0.390 e. The highest BCUT2D eigenvalue weighted by Gasteiger charge is 2.33. The van der Waals surface area contributed by atoms with Gasteiger partial charge in [-0.05, 0) is 48.8 Å². The number of aliphatic hydroxyl groups is 1. The molecule has 3 aromatic rings. The van der Waals surface area contributed by atoms with Gasteiger partial charge in [0.25, 0.3) is 0 Å². The Bertz CT molecular complexity index is 1750. The van der Waals surface area contributed by atoms with Gasteiger partial charge in [-0.1, -0.05) is 88.0 Å². The number of rotatable bonds is 21. The quantitative estimate of drug-likeness (QED) is 0.100. The lowest BCUT2D eigenvalue weighted by atomic mass is 9.83. The molecule has 5 N–H and O–H groups in total. The molecule has 1 aliphatic carbocycles. The van der Waals surface area contributed by atoms with E-state index in [-0.39, 0.29) is 49.3 Å². The summed E-state index contributed by atoms with van der Waals surface area (Å²) in [5.74, 6) is -1.26. The monoisotopic (exact) mass is 802 g/mol. The third kappa shape index (κ3) is 14.0. The van der Waals surface area contributed by atoms with Crippen molar-refractivity contribution in [2.45, 2.75) is 120 Å². The van der Waals surface area contributed by atoms with E-state index >= 15 is 0 Å². The minimum atomic E-state index is -1.13. The molecule has 5 amide bonds. The predicted octanol–water partition coefficient (Wildman–Crippen LogP) is 3.78. The van der Waals surface area contributed by atoms with Crippen LogP contribution in [0.3, 0.4) is 0 Å². The van der Waals surface area contributed by atoms with E-state index in [4.69, 9.17) is 0 Å². The first-order valence-corrected chi connectivity index (χ1v) is 21.3. The molecular weight excluding hydrogens is 745 g/mol. The highest BCUT2D eigenvalue weighted by Crippen LogP contribution is 2.33. The maximum Gasteiger partial charge on any atom is 0.243 e. The maximum absolute atomic E-state index is 14.1. The molecule has 1 aromatic carbocycles. The topological polar surface area (TPSA) is 188 Å². The maximum atomic E-state index is 14.1. The zero-order chi connectivity index (χ0) is 40.6. The molecule has 4 atom stereocenters. The zero-order valence-corrected chi connectivity index (χ0v) is 33.9. The second-order valence-corrected chi connectivity index (χ2v) is 16.5. The molecule has 1 aliphatic heterocycles. The molecule has 2 aromatic heterocycles. The molecular formula is C42H58N8O6S. The van der Waals surface area contributed by atoms with Crippen LogP contribution in [0.15, 0.2) is 72.4 Å². The van der Waals surface area contributed by atoms with Crippen LogP contribution in [0, 0.1) is 11.8 Å². The number of hydrogen-bond acceptors (Lipinski definition) is 9. The molecule has 0 unspecified atom stereocenters. The van der Waals surface area contributed by atoms with E-state index in [9.17, 15) is 29.1 Å². The molecule has 5 rings (SSSR count). The molecule has 1 fully saturated rings. The van der Waals surface area contributed by atoms with Gasteiger partial charge in [-0.25, -0.2) is 9.97 Å². The second kappa shape index (κ2) is 22.3. The zero-order valence-electron chi connectivity index (χ0n) is 33.1. The summed E-state index contributed by atoms with van der Waals surface area (Å²) in [5, 5.41) is 23.9. The summed E-state index contributed by atoms with van der Waals surface area (Å²) in [4.78, 5) is 77.3. The summed E-state index contributed by atoms with van der Waals surface area (Å²) in [7, 11) is 0. The number of nitrogens with one attached hydrogen (secondary N) is 4. The number of aryl methyl sites for hydroxylation is 1. The number of fused-ring (bicyclic) bond motifs is 1. The van der Waals surface area contributed by atoms with Crippen LogP contribution in [0.4, 0.5) is 5.69 Å². The van der Waals surface area contributed by atoms with E-state index in [2.05, 4.69) is 31.2 Å². The van der Waals surface area contributed by atoms with Crippen molar-refractivity contribution >= 4 is 47.0 Å². The summed E-state index contributed by atoms with van der Waals surface area (Å²) in [6, 6.07) is 10.2. The van der Waals surface area contributed by atoms with Crippen molar-refractivity contribution in [2.24, 2.45) is 11.8 Å². The van der Waals surface area contributed by atoms with Crippen molar-refractivity contribution in [3.05, 3.63) is 72.9 Å². The first-order valence-electron chi connectivity index (χ1n) is 20.3. The van der Waals surface area contributed by atoms with Gasteiger partial charge in [0.1, 0.15) is 17.1 Å². The highest BCUT2D eigenvalue weighted by atomic mass is 32.2. The van der Waals surface area contributed by atoms with Crippen molar-refractivity contribution in [2.75, 3.05) is 23.7 Å². The molecule has 1 saturated carbocycles. The van der Waals surface area contributed by atoms with Gasteiger partial charge in [0, 0.05) is 51.1 Å². The van der Waals surface area contributed by atoms with Crippen LogP contribution < -0.4 is 26.2 Å². The van der Waals surface area contributed by atoms with Crippen LogP contribution in [-0.4, -0.2) is 92.2 Å². The number of imidazole rings is 1. The number of hydrogen-bond donors (Lipinski definition) is 5. The largest absolute Gasteiger partial charge is 0.390 e. The Morgan fingerprint density at radius 1 is 0.912 bits per heavy atom. The van der Waals surface area contributed by atoms with Crippen LogP contribution >= 0.6 is 11.8 Å². The Morgan fingerprint density at radius 3 is 2.42 bits per heavy atom. The summed E-state index contributed by atoms with van der Waals surface area (Å²) in [6.45, 7) is 5.17. The average Bonchev–Trinajstić information content (AvgIpc) is 3.73. The van der Waals surface area contributed by atoms with Gasteiger partial charge in [0.05, 0.1) is 36.3 Å². The van der Waals surface area contributed by atoms with Gasteiger partial charge in [-0.15, -0.1) is 0 Å². The average molecular weight is 803 g/mol. The molecule has 3 heterocycles. The molecule has 14 nitrogen and oxygen atoms in total. The Morgan fingerprint density at radius 2 is 1.68 bits per heavy atom. The van der Waals surface area contributed by atoms with Crippen LogP contribution in [0.5, 0.6) is 0 Å². The highest BCUT2D eigenvalue weighted by molar-refractivity contribution is 8.00. The minimum absolute atomic E-state index is 0.0237. The summed E-state index contributed by atoms with van der Waals surface area (Å²) in [6.07, 6.45) is 12.6. The van der Waals surface area contributed by atoms with E-state index in [1.807, 2.05) is 54.9 Å². The number of carbonyl (C=O) groups excluding carboxylic acids is 5. The molecule has 2 aliphatic rings. The third-order valence-electron chi connectivity index (χ3n) is 10.5. The van der Waals surface area contributed by atoms with Gasteiger partial charge >= 0.3 is 0 Å². The number of aliphatic hydroxyl groups excluding tert-OH is 1. The van der Waals surface area contributed by atoms with Crippen molar-refractivity contribution in [1.82, 2.24) is 35.8 Å². The molecule has 0 spiro atoms. The van der Waals surface area contributed by atoms with E-state index in [0.29, 0.717) is 44.0 Å². The lowest BCUT2D eigenvalue weighted by Crippen LogP contribution is -2.57. The number of carbonyl (C=O) groups is 5. The van der Waals surface area contributed by atoms with Gasteiger partial charge in [0.2, 0.25) is 29.5 Å². The summed E-state index contributed by atoms with van der Waals surface area (Å²) >= 11 is 1.36. The third-order valence-corrected chi connectivity index (χ3v) is 11.5. The number of anilines is 1. The fraction of sp³-hybridized carbons (Fsp3) is 0.548. The number of benzene rings is 1. The first kappa shape index (κ1) is 43.4. The number of aromatic nitrogens is 3.